The van der Waals surface area contributed by atoms with Crippen molar-refractivity contribution in [2.75, 3.05) is 0 Å². The second-order valence-electron chi connectivity index (χ2n) is 3.35. The van der Waals surface area contributed by atoms with Crippen LogP contribution in [0.5, 0.6) is 0 Å². The molecule has 0 amide bonds. The van der Waals surface area contributed by atoms with Gasteiger partial charge in [0.2, 0.25) is 0 Å². The third kappa shape index (κ3) is 4.07. The molecule has 0 aromatic rings. The molecule has 72 valence electrons. The highest BCUT2D eigenvalue weighted by Gasteiger charge is 2.22. The van der Waals surface area contributed by atoms with Crippen LogP contribution in [0.2, 0.25) is 0 Å². The standard InChI is InChI=1S/C8H16FNOS/c1-5(2)7(11)8(12-9)10-6(3)4/h5-6,8,10H,1-4H3. The Morgan fingerprint density at radius 3 is 2.08 bits per heavy atom. The van der Waals surface area contributed by atoms with Gasteiger partial charge in [-0.3, -0.25) is 10.1 Å². The fourth-order valence-electron chi connectivity index (χ4n) is 0.757. The number of rotatable bonds is 5. The molecule has 2 nitrogen and oxygen atoms in total. The summed E-state index contributed by atoms with van der Waals surface area (Å²) < 4.78 is 12.3. The zero-order valence-electron chi connectivity index (χ0n) is 7.93. The van der Waals surface area contributed by atoms with Crippen LogP contribution in [0, 0.1) is 5.92 Å². The molecule has 12 heavy (non-hydrogen) atoms. The first-order valence-corrected chi connectivity index (χ1v) is 4.84. The monoisotopic (exact) mass is 193 g/mol. The van der Waals surface area contributed by atoms with E-state index >= 15 is 0 Å². The lowest BCUT2D eigenvalue weighted by Gasteiger charge is -2.17. The van der Waals surface area contributed by atoms with E-state index in [-0.39, 0.29) is 29.9 Å². The first-order valence-electron chi connectivity index (χ1n) is 4.06. The molecular weight excluding hydrogens is 177 g/mol. The summed E-state index contributed by atoms with van der Waals surface area (Å²) in [6, 6.07) is 0.126. The lowest BCUT2D eigenvalue weighted by Crippen LogP contribution is -2.39. The summed E-state index contributed by atoms with van der Waals surface area (Å²) in [5.41, 5.74) is 0. The number of halogens is 1. The molecule has 0 heterocycles. The van der Waals surface area contributed by atoms with E-state index in [4.69, 9.17) is 0 Å². The van der Waals surface area contributed by atoms with E-state index in [1.807, 2.05) is 13.8 Å². The maximum Gasteiger partial charge on any atom is 0.165 e. The van der Waals surface area contributed by atoms with Crippen molar-refractivity contribution in [3.05, 3.63) is 0 Å². The molecule has 0 bridgehead atoms. The highest BCUT2D eigenvalue weighted by Crippen LogP contribution is 2.14. The summed E-state index contributed by atoms with van der Waals surface area (Å²) in [4.78, 5) is 11.3. The number of carbonyl (C=O) groups excluding carboxylic acids is 1. The van der Waals surface area contributed by atoms with Crippen LogP contribution in [0.15, 0.2) is 0 Å². The van der Waals surface area contributed by atoms with Gasteiger partial charge in [0.1, 0.15) is 5.37 Å². The maximum atomic E-state index is 12.3. The number of Topliss-reactive ketones (excluding diaryl/α,β-unsaturated/α-hetero) is 1. The van der Waals surface area contributed by atoms with Crippen LogP contribution < -0.4 is 5.32 Å². The third-order valence-corrected chi connectivity index (χ3v) is 1.95. The molecule has 4 heteroatoms. The predicted octanol–water partition coefficient (Wildman–Crippen LogP) is 2.15. The minimum atomic E-state index is -0.704. The van der Waals surface area contributed by atoms with Crippen molar-refractivity contribution in [1.29, 1.82) is 0 Å². The number of nitrogens with one attached hydrogen (secondary N) is 1. The molecule has 0 saturated carbocycles. The fraction of sp³-hybridized carbons (Fsp3) is 0.875. The zero-order valence-corrected chi connectivity index (χ0v) is 8.74. The highest BCUT2D eigenvalue weighted by atomic mass is 32.2. The van der Waals surface area contributed by atoms with E-state index in [2.05, 4.69) is 5.32 Å². The highest BCUT2D eigenvalue weighted by molar-refractivity contribution is 7.95. The zero-order chi connectivity index (χ0) is 9.72. The largest absolute Gasteiger partial charge is 0.297 e. The van der Waals surface area contributed by atoms with Gasteiger partial charge < -0.3 is 0 Å². The summed E-state index contributed by atoms with van der Waals surface area (Å²) in [6.45, 7) is 7.31. The molecular formula is C8H16FNOS. The summed E-state index contributed by atoms with van der Waals surface area (Å²) in [6.07, 6.45) is 0. The molecule has 0 aromatic heterocycles. The molecule has 0 fully saturated rings. The van der Waals surface area contributed by atoms with Crippen LogP contribution in [-0.4, -0.2) is 17.2 Å². The number of hydrogen-bond acceptors (Lipinski definition) is 3. The number of carbonyl (C=O) groups is 1. The van der Waals surface area contributed by atoms with E-state index in [0.29, 0.717) is 0 Å². The molecule has 1 N–H and O–H groups in total. The fourth-order valence-corrected chi connectivity index (χ4v) is 1.44. The third-order valence-electron chi connectivity index (χ3n) is 1.40. The van der Waals surface area contributed by atoms with Gasteiger partial charge in [-0.15, -0.1) is 0 Å². The van der Waals surface area contributed by atoms with E-state index in [9.17, 15) is 8.68 Å². The van der Waals surface area contributed by atoms with Crippen LogP contribution in [0.4, 0.5) is 3.89 Å². The van der Waals surface area contributed by atoms with Crippen molar-refractivity contribution in [3.8, 4) is 0 Å². The summed E-state index contributed by atoms with van der Waals surface area (Å²) in [7, 11) is 0. The summed E-state index contributed by atoms with van der Waals surface area (Å²) >= 11 is 0.0740. The Kier molecular flexibility index (Phi) is 5.50. The van der Waals surface area contributed by atoms with Crippen molar-refractivity contribution in [3.63, 3.8) is 0 Å². The van der Waals surface area contributed by atoms with Crippen molar-refractivity contribution < 1.29 is 8.68 Å². The van der Waals surface area contributed by atoms with E-state index in [1.165, 1.54) is 0 Å². The quantitative estimate of drug-likeness (QED) is 0.678. The molecule has 1 unspecified atom stereocenters. The van der Waals surface area contributed by atoms with Gasteiger partial charge in [0.25, 0.3) is 0 Å². The Labute approximate surface area is 77.6 Å². The van der Waals surface area contributed by atoms with Crippen LogP contribution in [0.3, 0.4) is 0 Å². The molecule has 0 spiro atoms. The lowest BCUT2D eigenvalue weighted by molar-refractivity contribution is -0.122. The number of ketones is 1. The van der Waals surface area contributed by atoms with Gasteiger partial charge in [0.05, 0.1) is 12.1 Å². The molecule has 0 aliphatic heterocycles. The second-order valence-corrected chi connectivity index (χ2v) is 4.00. The van der Waals surface area contributed by atoms with E-state index in [1.54, 1.807) is 13.8 Å². The van der Waals surface area contributed by atoms with Crippen molar-refractivity contribution in [2.24, 2.45) is 5.92 Å². The second kappa shape index (κ2) is 5.54. The Morgan fingerprint density at radius 2 is 1.83 bits per heavy atom. The smallest absolute Gasteiger partial charge is 0.165 e. The minimum absolute atomic E-state index is 0.0740. The minimum Gasteiger partial charge on any atom is -0.297 e. The normalized spacial score (nSPS) is 13.9. The summed E-state index contributed by atoms with van der Waals surface area (Å²) in [5.74, 6) is -0.208. The van der Waals surface area contributed by atoms with Gasteiger partial charge in [0.15, 0.2) is 5.78 Å². The Balaban J connectivity index is 4.06. The predicted molar refractivity (Wildman–Crippen MR) is 50.6 cm³/mol. The molecule has 0 rings (SSSR count). The van der Waals surface area contributed by atoms with Gasteiger partial charge in [-0.2, -0.15) is 3.89 Å². The van der Waals surface area contributed by atoms with Gasteiger partial charge in [0, 0.05) is 12.0 Å². The maximum absolute atomic E-state index is 12.3. The molecule has 0 aliphatic rings. The van der Waals surface area contributed by atoms with Crippen LogP contribution >= 0.6 is 12.1 Å². The van der Waals surface area contributed by atoms with Crippen molar-refractivity contribution in [2.45, 2.75) is 39.1 Å². The molecule has 0 radical (unpaired) electrons. The van der Waals surface area contributed by atoms with E-state index in [0.717, 1.165) is 0 Å². The molecule has 0 aliphatic carbocycles. The van der Waals surface area contributed by atoms with Crippen molar-refractivity contribution in [1.82, 2.24) is 5.32 Å². The topological polar surface area (TPSA) is 29.1 Å². The average Bonchev–Trinajstić information content (AvgIpc) is 1.98. The van der Waals surface area contributed by atoms with Gasteiger partial charge >= 0.3 is 0 Å². The SMILES string of the molecule is CC(C)NC(SF)C(=O)C(C)C. The van der Waals surface area contributed by atoms with Crippen LogP contribution in [-0.2, 0) is 4.79 Å². The summed E-state index contributed by atoms with van der Waals surface area (Å²) in [5, 5.41) is 2.15. The van der Waals surface area contributed by atoms with E-state index < -0.39 is 5.37 Å². The van der Waals surface area contributed by atoms with Gasteiger partial charge in [-0.1, -0.05) is 13.8 Å². The lowest BCUT2D eigenvalue weighted by atomic mass is 10.1. The van der Waals surface area contributed by atoms with Crippen LogP contribution in [0.25, 0.3) is 0 Å². The molecule has 0 aromatic carbocycles. The molecule has 1 atom stereocenters. The molecule has 0 saturated heterocycles. The Bertz CT molecular complexity index is 150. The Hall–Kier alpha value is -0.0900. The first kappa shape index (κ1) is 11.9. The van der Waals surface area contributed by atoms with Crippen molar-refractivity contribution >= 4 is 17.9 Å². The van der Waals surface area contributed by atoms with Gasteiger partial charge in [-0.25, -0.2) is 0 Å². The number of hydrogen-bond donors (Lipinski definition) is 1. The first-order chi connectivity index (χ1) is 5.49. The Morgan fingerprint density at radius 1 is 1.33 bits per heavy atom. The van der Waals surface area contributed by atoms with Crippen LogP contribution in [0.1, 0.15) is 27.7 Å². The van der Waals surface area contributed by atoms with Gasteiger partial charge in [-0.05, 0) is 13.8 Å². The average molecular weight is 193 g/mol.